The highest BCUT2D eigenvalue weighted by Gasteiger charge is 2.28. The molecule has 0 fully saturated rings. The minimum atomic E-state index is -0.604. The lowest BCUT2D eigenvalue weighted by molar-refractivity contribution is -0.123. The van der Waals surface area contributed by atoms with Crippen molar-refractivity contribution in [2.75, 3.05) is 7.11 Å². The fraction of sp³-hybridized carbons (Fsp3) is 0.417. The van der Waals surface area contributed by atoms with Gasteiger partial charge in [-0.15, -0.1) is 0 Å². The number of hydrogen-bond donors (Lipinski definition) is 1. The molecule has 0 aliphatic carbocycles. The van der Waals surface area contributed by atoms with Crippen LogP contribution in [0.2, 0.25) is 0 Å². The molecule has 1 amide bonds. The molecule has 156 valence electrons. The number of hydrogen-bond acceptors (Lipinski definition) is 4. The van der Waals surface area contributed by atoms with Gasteiger partial charge in [0.1, 0.15) is 17.1 Å². The Morgan fingerprint density at radius 1 is 1.00 bits per heavy atom. The molecule has 5 heteroatoms. The van der Waals surface area contributed by atoms with Gasteiger partial charge in [-0.3, -0.25) is 4.79 Å². The van der Waals surface area contributed by atoms with Gasteiger partial charge in [0.05, 0.1) is 13.2 Å². The maximum absolute atomic E-state index is 12.9. The van der Waals surface area contributed by atoms with E-state index in [4.69, 9.17) is 9.47 Å². The van der Waals surface area contributed by atoms with Gasteiger partial charge >= 0.3 is 6.09 Å². The van der Waals surface area contributed by atoms with Crippen molar-refractivity contribution in [1.82, 2.24) is 5.32 Å². The quantitative estimate of drug-likeness (QED) is 0.673. The second-order valence-electron chi connectivity index (χ2n) is 8.14. The van der Waals surface area contributed by atoms with E-state index in [0.717, 1.165) is 16.9 Å². The van der Waals surface area contributed by atoms with E-state index in [1.807, 2.05) is 82.3 Å². The molecular formula is C24H31NO4. The van der Waals surface area contributed by atoms with Gasteiger partial charge in [0.2, 0.25) is 0 Å². The second kappa shape index (κ2) is 10.1. The van der Waals surface area contributed by atoms with Crippen LogP contribution >= 0.6 is 0 Å². The minimum Gasteiger partial charge on any atom is -0.497 e. The van der Waals surface area contributed by atoms with Gasteiger partial charge in [0.25, 0.3) is 0 Å². The van der Waals surface area contributed by atoms with E-state index in [9.17, 15) is 9.59 Å². The molecular weight excluding hydrogens is 366 g/mol. The molecule has 0 heterocycles. The monoisotopic (exact) mass is 397 g/mol. The van der Waals surface area contributed by atoms with Gasteiger partial charge < -0.3 is 14.8 Å². The number of rotatable bonds is 8. The Morgan fingerprint density at radius 3 is 2.17 bits per heavy atom. The Hall–Kier alpha value is -2.82. The van der Waals surface area contributed by atoms with E-state index in [0.29, 0.717) is 12.8 Å². The normalized spacial score (nSPS) is 13.3. The maximum Gasteiger partial charge on any atom is 0.408 e. The fourth-order valence-electron chi connectivity index (χ4n) is 3.07. The lowest BCUT2D eigenvalue weighted by Crippen LogP contribution is -2.39. The highest BCUT2D eigenvalue weighted by Crippen LogP contribution is 2.25. The molecule has 0 bridgehead atoms. The topological polar surface area (TPSA) is 64.6 Å². The van der Waals surface area contributed by atoms with Crippen LogP contribution in [0.25, 0.3) is 0 Å². The summed E-state index contributed by atoms with van der Waals surface area (Å²) in [6, 6.07) is 16.8. The van der Waals surface area contributed by atoms with Crippen LogP contribution in [-0.4, -0.2) is 24.6 Å². The summed E-state index contributed by atoms with van der Waals surface area (Å²) in [4.78, 5) is 25.3. The predicted molar refractivity (Wildman–Crippen MR) is 114 cm³/mol. The first-order valence-electron chi connectivity index (χ1n) is 9.89. The number of aryl methyl sites for hydroxylation is 1. The summed E-state index contributed by atoms with van der Waals surface area (Å²) < 4.78 is 10.6. The Balaban J connectivity index is 2.07. The summed E-state index contributed by atoms with van der Waals surface area (Å²) in [5.41, 5.74) is 1.35. The third-order valence-corrected chi connectivity index (χ3v) is 4.66. The smallest absolute Gasteiger partial charge is 0.408 e. The minimum absolute atomic E-state index is 0.0886. The fourth-order valence-corrected chi connectivity index (χ4v) is 3.07. The van der Waals surface area contributed by atoms with Gasteiger partial charge in [-0.2, -0.15) is 0 Å². The Bertz CT molecular complexity index is 794. The number of amides is 1. The molecule has 2 aromatic carbocycles. The van der Waals surface area contributed by atoms with Crippen LogP contribution in [0.5, 0.6) is 5.75 Å². The summed E-state index contributed by atoms with van der Waals surface area (Å²) in [6.07, 6.45) is 0.509. The summed E-state index contributed by atoms with van der Waals surface area (Å²) >= 11 is 0. The number of carbonyl (C=O) groups excluding carboxylic acids is 2. The van der Waals surface area contributed by atoms with E-state index in [-0.39, 0.29) is 11.7 Å². The van der Waals surface area contributed by atoms with Crippen LogP contribution in [0.15, 0.2) is 54.6 Å². The number of Topliss-reactive ketones (excluding diaryl/α,β-unsaturated/α-hetero) is 1. The zero-order valence-corrected chi connectivity index (χ0v) is 17.9. The molecule has 0 spiro atoms. The van der Waals surface area contributed by atoms with Crippen LogP contribution in [-0.2, 0) is 16.0 Å². The van der Waals surface area contributed by atoms with E-state index in [1.54, 1.807) is 7.11 Å². The zero-order chi connectivity index (χ0) is 21.4. The number of carbonyl (C=O) groups is 2. The van der Waals surface area contributed by atoms with Crippen LogP contribution in [0.4, 0.5) is 4.79 Å². The third kappa shape index (κ3) is 7.26. The number of nitrogens with one attached hydrogen (secondary N) is 1. The number of alkyl carbamates (subject to hydrolysis) is 1. The summed E-state index contributed by atoms with van der Waals surface area (Å²) in [7, 11) is 1.63. The molecule has 0 aliphatic rings. The summed E-state index contributed by atoms with van der Waals surface area (Å²) in [6.45, 7) is 7.29. The molecule has 2 atom stereocenters. The zero-order valence-electron chi connectivity index (χ0n) is 17.9. The molecule has 0 radical (unpaired) electrons. The number of ketones is 1. The molecule has 1 N–H and O–H groups in total. The molecule has 5 nitrogen and oxygen atoms in total. The summed E-state index contributed by atoms with van der Waals surface area (Å²) in [5.74, 6) is 0.494. The molecule has 29 heavy (non-hydrogen) atoms. The maximum atomic E-state index is 12.9. The SMILES string of the molecule is COc1ccc(CCC(=O)C(C)C(NC(=O)OC(C)(C)C)c2ccccc2)cc1. The lowest BCUT2D eigenvalue weighted by atomic mass is 9.88. The number of methoxy groups -OCH3 is 1. The molecule has 2 rings (SSSR count). The largest absolute Gasteiger partial charge is 0.497 e. The van der Waals surface area contributed by atoms with Gasteiger partial charge in [-0.25, -0.2) is 4.79 Å². The van der Waals surface area contributed by atoms with Crippen molar-refractivity contribution in [2.24, 2.45) is 5.92 Å². The van der Waals surface area contributed by atoms with Crippen LogP contribution < -0.4 is 10.1 Å². The molecule has 0 aliphatic heterocycles. The molecule has 0 aromatic heterocycles. The highest BCUT2D eigenvalue weighted by atomic mass is 16.6. The third-order valence-electron chi connectivity index (χ3n) is 4.66. The van der Waals surface area contributed by atoms with Crippen molar-refractivity contribution in [3.05, 3.63) is 65.7 Å². The van der Waals surface area contributed by atoms with Crippen LogP contribution in [0.1, 0.15) is 51.3 Å². The van der Waals surface area contributed by atoms with E-state index < -0.39 is 17.7 Å². The lowest BCUT2D eigenvalue weighted by Gasteiger charge is -2.27. The Kier molecular flexibility index (Phi) is 7.82. The van der Waals surface area contributed by atoms with Gasteiger partial charge in [0, 0.05) is 12.3 Å². The molecule has 0 saturated carbocycles. The van der Waals surface area contributed by atoms with Crippen molar-refractivity contribution in [3.63, 3.8) is 0 Å². The van der Waals surface area contributed by atoms with Crippen LogP contribution in [0.3, 0.4) is 0 Å². The highest BCUT2D eigenvalue weighted by molar-refractivity contribution is 5.82. The first kappa shape index (κ1) is 22.5. The van der Waals surface area contributed by atoms with Crippen molar-refractivity contribution in [1.29, 1.82) is 0 Å². The van der Waals surface area contributed by atoms with E-state index in [1.165, 1.54) is 0 Å². The summed E-state index contributed by atoms with van der Waals surface area (Å²) in [5, 5.41) is 2.89. The van der Waals surface area contributed by atoms with E-state index in [2.05, 4.69) is 5.32 Å². The van der Waals surface area contributed by atoms with Crippen molar-refractivity contribution in [3.8, 4) is 5.75 Å². The predicted octanol–water partition coefficient (Wildman–Crippen LogP) is 5.10. The molecule has 2 unspecified atom stereocenters. The van der Waals surface area contributed by atoms with E-state index >= 15 is 0 Å². The second-order valence-corrected chi connectivity index (χ2v) is 8.14. The van der Waals surface area contributed by atoms with Gasteiger partial charge in [-0.1, -0.05) is 49.4 Å². The first-order valence-corrected chi connectivity index (χ1v) is 9.89. The molecule has 2 aromatic rings. The first-order chi connectivity index (χ1) is 13.7. The number of ether oxygens (including phenoxy) is 2. The average Bonchev–Trinajstić information content (AvgIpc) is 2.69. The van der Waals surface area contributed by atoms with Crippen molar-refractivity contribution < 1.29 is 19.1 Å². The average molecular weight is 398 g/mol. The van der Waals surface area contributed by atoms with Gasteiger partial charge in [0.15, 0.2) is 0 Å². The number of benzene rings is 2. The van der Waals surface area contributed by atoms with Crippen LogP contribution in [0, 0.1) is 5.92 Å². The van der Waals surface area contributed by atoms with Crippen molar-refractivity contribution in [2.45, 2.75) is 52.2 Å². The Morgan fingerprint density at radius 2 is 1.62 bits per heavy atom. The standard InChI is InChI=1S/C24H31NO4/c1-17(21(26)16-13-18-11-14-20(28-5)15-12-18)22(19-9-7-6-8-10-19)25-23(27)29-24(2,3)4/h6-12,14-15,17,22H,13,16H2,1-5H3,(H,25,27). The van der Waals surface area contributed by atoms with Crippen molar-refractivity contribution >= 4 is 11.9 Å². The Labute approximate surface area is 173 Å². The molecule has 0 saturated heterocycles. The van der Waals surface area contributed by atoms with Gasteiger partial charge in [-0.05, 0) is 50.5 Å².